The van der Waals surface area contributed by atoms with Crippen molar-refractivity contribution < 1.29 is 9.26 Å². The first kappa shape index (κ1) is 14.8. The Balaban J connectivity index is 1.76. The second-order valence-electron chi connectivity index (χ2n) is 7.28. The second-order valence-corrected chi connectivity index (χ2v) is 7.28. The average Bonchev–Trinajstić information content (AvgIpc) is 3.31. The highest BCUT2D eigenvalue weighted by atomic mass is 16.5. The molecule has 25 heavy (non-hydrogen) atoms. The van der Waals surface area contributed by atoms with Gasteiger partial charge in [0, 0.05) is 23.1 Å². The van der Waals surface area contributed by atoms with Crippen LogP contribution in [-0.2, 0) is 18.3 Å². The summed E-state index contributed by atoms with van der Waals surface area (Å²) in [5.41, 5.74) is 4.88. The second kappa shape index (κ2) is 5.22. The molecule has 0 aliphatic heterocycles. The molecule has 0 fully saturated rings. The number of aromatic nitrogens is 3. The molecule has 5 rings (SSSR count). The molecule has 3 unspecified atom stereocenters. The number of benzene rings is 1. The van der Waals surface area contributed by atoms with Crippen LogP contribution in [0.5, 0.6) is 5.75 Å². The molecule has 2 aliphatic rings. The van der Waals surface area contributed by atoms with Crippen molar-refractivity contribution in [2.24, 2.45) is 5.92 Å². The zero-order chi connectivity index (χ0) is 17.0. The Morgan fingerprint density at radius 2 is 2.08 bits per heavy atom. The zero-order valence-electron chi connectivity index (χ0n) is 14.5. The minimum atomic E-state index is -0.141. The SMILES string of the molecule is COc1ccc(C23Cc4cnoc4C(C)C2CCc2c[nH]nc23)cc1. The number of aromatic amines is 1. The van der Waals surface area contributed by atoms with Crippen LogP contribution in [0.3, 0.4) is 0 Å². The van der Waals surface area contributed by atoms with E-state index in [1.165, 1.54) is 22.4 Å². The van der Waals surface area contributed by atoms with E-state index in [-0.39, 0.29) is 5.41 Å². The fourth-order valence-corrected chi connectivity index (χ4v) is 5.12. The predicted molar refractivity (Wildman–Crippen MR) is 92.8 cm³/mol. The van der Waals surface area contributed by atoms with Gasteiger partial charge >= 0.3 is 0 Å². The van der Waals surface area contributed by atoms with Crippen LogP contribution >= 0.6 is 0 Å². The summed E-state index contributed by atoms with van der Waals surface area (Å²) in [4.78, 5) is 0. The van der Waals surface area contributed by atoms with Gasteiger partial charge in [-0.05, 0) is 48.4 Å². The summed E-state index contributed by atoms with van der Waals surface area (Å²) >= 11 is 0. The molecule has 3 atom stereocenters. The van der Waals surface area contributed by atoms with Gasteiger partial charge in [-0.3, -0.25) is 5.10 Å². The minimum absolute atomic E-state index is 0.141. The van der Waals surface area contributed by atoms with Gasteiger partial charge in [-0.2, -0.15) is 5.10 Å². The number of methoxy groups -OCH3 is 1. The van der Waals surface area contributed by atoms with Crippen LogP contribution in [0, 0.1) is 5.92 Å². The smallest absolute Gasteiger partial charge is 0.143 e. The van der Waals surface area contributed by atoms with Crippen molar-refractivity contribution >= 4 is 0 Å². The summed E-state index contributed by atoms with van der Waals surface area (Å²) in [6.07, 6.45) is 7.01. The van der Waals surface area contributed by atoms with Crippen LogP contribution in [0.2, 0.25) is 0 Å². The molecule has 2 aliphatic carbocycles. The largest absolute Gasteiger partial charge is 0.497 e. The summed E-state index contributed by atoms with van der Waals surface area (Å²) in [5.74, 6) is 2.69. The maximum atomic E-state index is 5.61. The van der Waals surface area contributed by atoms with E-state index in [2.05, 4.69) is 47.6 Å². The molecule has 5 heteroatoms. The third-order valence-electron chi connectivity index (χ3n) is 6.27. The van der Waals surface area contributed by atoms with E-state index >= 15 is 0 Å². The third-order valence-corrected chi connectivity index (χ3v) is 6.27. The van der Waals surface area contributed by atoms with Crippen LogP contribution in [0.25, 0.3) is 0 Å². The number of aryl methyl sites for hydroxylation is 1. The number of nitrogens with one attached hydrogen (secondary N) is 1. The first-order valence-corrected chi connectivity index (χ1v) is 8.85. The van der Waals surface area contributed by atoms with Gasteiger partial charge in [0.05, 0.1) is 19.0 Å². The molecule has 3 aromatic rings. The lowest BCUT2D eigenvalue weighted by atomic mass is 9.53. The number of hydrogen-bond donors (Lipinski definition) is 1. The maximum absolute atomic E-state index is 5.61. The van der Waals surface area contributed by atoms with Gasteiger partial charge in [-0.15, -0.1) is 0 Å². The van der Waals surface area contributed by atoms with E-state index in [0.29, 0.717) is 11.8 Å². The molecular formula is C20H21N3O2. The molecule has 2 aromatic heterocycles. The van der Waals surface area contributed by atoms with Crippen molar-refractivity contribution in [2.45, 2.75) is 37.5 Å². The summed E-state index contributed by atoms with van der Waals surface area (Å²) in [6, 6.07) is 8.49. The number of nitrogens with zero attached hydrogens (tertiary/aromatic N) is 2. The lowest BCUT2D eigenvalue weighted by Gasteiger charge is -2.48. The first-order valence-electron chi connectivity index (χ1n) is 8.85. The predicted octanol–water partition coefficient (Wildman–Crippen LogP) is 3.61. The molecular weight excluding hydrogens is 314 g/mol. The Kier molecular flexibility index (Phi) is 3.08. The van der Waals surface area contributed by atoms with E-state index in [1.807, 2.05) is 6.20 Å². The molecule has 0 bridgehead atoms. The highest BCUT2D eigenvalue weighted by Crippen LogP contribution is 2.56. The molecule has 1 N–H and O–H groups in total. The summed E-state index contributed by atoms with van der Waals surface area (Å²) in [5, 5.41) is 11.9. The van der Waals surface area contributed by atoms with E-state index < -0.39 is 0 Å². The van der Waals surface area contributed by atoms with Gasteiger partial charge in [0.25, 0.3) is 0 Å². The summed E-state index contributed by atoms with van der Waals surface area (Å²) < 4.78 is 11.0. The standard InChI is InChI=1S/C20H21N3O2/c1-12-17-8-3-13-10-21-23-19(13)20(17,9-14-11-22-25-18(12)14)15-4-6-16(24-2)7-5-15/h4-7,10-12,17H,3,8-9H2,1-2H3,(H,21,23). The zero-order valence-corrected chi connectivity index (χ0v) is 14.5. The first-order chi connectivity index (χ1) is 12.2. The average molecular weight is 335 g/mol. The molecule has 5 nitrogen and oxygen atoms in total. The van der Waals surface area contributed by atoms with Crippen LogP contribution in [0.1, 0.15) is 47.4 Å². The van der Waals surface area contributed by atoms with Crippen LogP contribution in [-0.4, -0.2) is 22.5 Å². The van der Waals surface area contributed by atoms with Gasteiger partial charge in [0.1, 0.15) is 11.5 Å². The van der Waals surface area contributed by atoms with Crippen molar-refractivity contribution in [3.8, 4) is 5.75 Å². The molecule has 0 radical (unpaired) electrons. The van der Waals surface area contributed by atoms with Crippen LogP contribution in [0.4, 0.5) is 0 Å². The monoisotopic (exact) mass is 335 g/mol. The van der Waals surface area contributed by atoms with Crippen LogP contribution < -0.4 is 4.74 Å². The minimum Gasteiger partial charge on any atom is -0.497 e. The fourth-order valence-electron chi connectivity index (χ4n) is 5.12. The van der Waals surface area contributed by atoms with Gasteiger partial charge in [-0.25, -0.2) is 0 Å². The fraction of sp³-hybridized carbons (Fsp3) is 0.400. The van der Waals surface area contributed by atoms with Crippen molar-refractivity contribution in [3.05, 3.63) is 64.8 Å². The lowest BCUT2D eigenvalue weighted by Crippen LogP contribution is -2.47. The maximum Gasteiger partial charge on any atom is 0.143 e. The summed E-state index contributed by atoms with van der Waals surface area (Å²) in [6.45, 7) is 2.27. The van der Waals surface area contributed by atoms with Crippen molar-refractivity contribution in [2.75, 3.05) is 7.11 Å². The van der Waals surface area contributed by atoms with Crippen molar-refractivity contribution in [3.63, 3.8) is 0 Å². The summed E-state index contributed by atoms with van der Waals surface area (Å²) in [7, 11) is 1.70. The molecule has 128 valence electrons. The lowest BCUT2D eigenvalue weighted by molar-refractivity contribution is 0.189. The van der Waals surface area contributed by atoms with E-state index in [0.717, 1.165) is 30.8 Å². The Hall–Kier alpha value is -2.56. The Labute approximate surface area is 146 Å². The highest BCUT2D eigenvalue weighted by Gasteiger charge is 2.54. The van der Waals surface area contributed by atoms with Crippen molar-refractivity contribution in [1.29, 1.82) is 0 Å². The molecule has 0 saturated heterocycles. The van der Waals surface area contributed by atoms with Gasteiger partial charge in [-0.1, -0.05) is 24.2 Å². The van der Waals surface area contributed by atoms with E-state index in [1.54, 1.807) is 7.11 Å². The number of fused-ring (bicyclic) bond motifs is 4. The number of ether oxygens (including phenoxy) is 1. The molecule has 0 spiro atoms. The topological polar surface area (TPSA) is 63.9 Å². The Morgan fingerprint density at radius 3 is 2.88 bits per heavy atom. The Morgan fingerprint density at radius 1 is 1.24 bits per heavy atom. The molecule has 0 amide bonds. The number of H-pyrrole nitrogens is 1. The van der Waals surface area contributed by atoms with Crippen LogP contribution in [0.15, 0.2) is 41.2 Å². The quantitative estimate of drug-likeness (QED) is 0.777. The van der Waals surface area contributed by atoms with Gasteiger partial charge in [0.15, 0.2) is 0 Å². The molecule has 1 aromatic carbocycles. The van der Waals surface area contributed by atoms with Gasteiger partial charge < -0.3 is 9.26 Å². The normalized spacial score (nSPS) is 27.3. The van der Waals surface area contributed by atoms with E-state index in [9.17, 15) is 0 Å². The molecule has 2 heterocycles. The molecule has 0 saturated carbocycles. The number of rotatable bonds is 2. The van der Waals surface area contributed by atoms with Gasteiger partial charge in [0.2, 0.25) is 0 Å². The third kappa shape index (κ3) is 1.89. The van der Waals surface area contributed by atoms with E-state index in [4.69, 9.17) is 14.4 Å². The Bertz CT molecular complexity index is 911. The highest BCUT2D eigenvalue weighted by molar-refractivity contribution is 5.49. The number of hydrogen-bond acceptors (Lipinski definition) is 4. The van der Waals surface area contributed by atoms with Crippen molar-refractivity contribution in [1.82, 2.24) is 15.4 Å².